The quantitative estimate of drug-likeness (QED) is 0.758. The van der Waals surface area contributed by atoms with E-state index in [-0.39, 0.29) is 5.91 Å². The van der Waals surface area contributed by atoms with Gasteiger partial charge in [0.1, 0.15) is 0 Å². The molecular weight excluding hydrogens is 224 g/mol. The summed E-state index contributed by atoms with van der Waals surface area (Å²) in [5.41, 5.74) is 0. The molecule has 2 rings (SSSR count). The number of nitrogens with one attached hydrogen (secondary N) is 2. The van der Waals surface area contributed by atoms with E-state index in [1.54, 1.807) is 24.2 Å². The molecule has 1 amide bonds. The van der Waals surface area contributed by atoms with Crippen molar-refractivity contribution in [3.8, 4) is 0 Å². The van der Waals surface area contributed by atoms with Crippen LogP contribution in [-0.4, -0.2) is 35.2 Å². The molecule has 1 fully saturated rings. The largest absolute Gasteiger partial charge is 0.356 e. The number of rotatable bonds is 4. The van der Waals surface area contributed by atoms with Crippen molar-refractivity contribution in [3.63, 3.8) is 0 Å². The van der Waals surface area contributed by atoms with E-state index in [2.05, 4.69) is 20.6 Å². The fourth-order valence-electron chi connectivity index (χ4n) is 1.56. The maximum absolute atomic E-state index is 11.0. The molecule has 5 nitrogen and oxygen atoms in total. The van der Waals surface area contributed by atoms with Crippen LogP contribution in [-0.2, 0) is 4.79 Å². The number of carbonyl (C=O) groups is 1. The fourth-order valence-corrected chi connectivity index (χ4v) is 1.87. The van der Waals surface area contributed by atoms with Crippen molar-refractivity contribution in [1.29, 1.82) is 0 Å². The van der Waals surface area contributed by atoms with Gasteiger partial charge in [-0.3, -0.25) is 4.79 Å². The lowest BCUT2D eigenvalue weighted by molar-refractivity contribution is -0.119. The summed E-state index contributed by atoms with van der Waals surface area (Å²) in [6.07, 6.45) is 6.16. The summed E-state index contributed by atoms with van der Waals surface area (Å²) in [5, 5.41) is 5.94. The first-order valence-corrected chi connectivity index (χ1v) is 6.37. The van der Waals surface area contributed by atoms with Crippen LogP contribution in [0.1, 0.15) is 6.42 Å². The first kappa shape index (κ1) is 11.2. The van der Waals surface area contributed by atoms with Gasteiger partial charge in [-0.1, -0.05) is 0 Å². The van der Waals surface area contributed by atoms with Crippen LogP contribution in [0.2, 0.25) is 0 Å². The van der Waals surface area contributed by atoms with Crippen molar-refractivity contribution < 1.29 is 4.79 Å². The summed E-state index contributed by atoms with van der Waals surface area (Å²) < 4.78 is 0. The molecule has 1 unspecified atom stereocenters. The topological polar surface area (TPSA) is 66.9 Å². The van der Waals surface area contributed by atoms with Crippen molar-refractivity contribution in [1.82, 2.24) is 15.3 Å². The third-order valence-electron chi connectivity index (χ3n) is 2.47. The zero-order valence-electron chi connectivity index (χ0n) is 9.06. The third kappa shape index (κ3) is 2.85. The summed E-state index contributed by atoms with van der Waals surface area (Å²) in [7, 11) is 0. The number of carbonyl (C=O) groups excluding carboxylic acids is 1. The monoisotopic (exact) mass is 238 g/mol. The van der Waals surface area contributed by atoms with Crippen LogP contribution < -0.4 is 10.6 Å². The van der Waals surface area contributed by atoms with Crippen LogP contribution in [0.5, 0.6) is 0 Å². The van der Waals surface area contributed by atoms with Gasteiger partial charge in [0.2, 0.25) is 11.9 Å². The molecule has 2 N–H and O–H groups in total. The van der Waals surface area contributed by atoms with E-state index >= 15 is 0 Å². The number of hydrogen-bond donors (Lipinski definition) is 2. The van der Waals surface area contributed by atoms with Gasteiger partial charge in [0, 0.05) is 42.7 Å². The predicted octanol–water partition coefficient (Wildman–Crippen LogP) is 0.746. The summed E-state index contributed by atoms with van der Waals surface area (Å²) in [6.45, 7) is 1.48. The highest BCUT2D eigenvalue weighted by atomic mass is 32.2. The van der Waals surface area contributed by atoms with E-state index in [1.165, 1.54) is 0 Å². The van der Waals surface area contributed by atoms with Crippen molar-refractivity contribution in [2.24, 2.45) is 5.92 Å². The molecule has 16 heavy (non-hydrogen) atoms. The summed E-state index contributed by atoms with van der Waals surface area (Å²) in [6, 6.07) is 0. The lowest BCUT2D eigenvalue weighted by Gasteiger charge is -2.08. The second kappa shape index (κ2) is 5.16. The molecule has 1 aliphatic heterocycles. The van der Waals surface area contributed by atoms with Gasteiger partial charge in [0.15, 0.2) is 0 Å². The number of anilines is 1. The van der Waals surface area contributed by atoms with E-state index in [0.717, 1.165) is 18.0 Å². The first-order chi connectivity index (χ1) is 7.78. The summed E-state index contributed by atoms with van der Waals surface area (Å²) >= 11 is 1.61. The number of amides is 1. The van der Waals surface area contributed by atoms with Crippen molar-refractivity contribution in [2.75, 3.05) is 24.7 Å². The van der Waals surface area contributed by atoms with Gasteiger partial charge in [-0.05, 0) is 6.26 Å². The second-order valence-electron chi connectivity index (χ2n) is 3.70. The zero-order chi connectivity index (χ0) is 11.4. The van der Waals surface area contributed by atoms with Gasteiger partial charge in [0.25, 0.3) is 0 Å². The van der Waals surface area contributed by atoms with Gasteiger partial charge >= 0.3 is 0 Å². The van der Waals surface area contributed by atoms with E-state index in [4.69, 9.17) is 0 Å². The normalized spacial score (nSPS) is 19.6. The van der Waals surface area contributed by atoms with Crippen molar-refractivity contribution >= 4 is 23.6 Å². The SMILES string of the molecule is CSc1cnc(NCC2CNC(=O)C2)nc1. The summed E-state index contributed by atoms with van der Waals surface area (Å²) in [5.74, 6) is 1.10. The Hall–Kier alpha value is -1.30. The maximum Gasteiger partial charge on any atom is 0.222 e. The highest BCUT2D eigenvalue weighted by Gasteiger charge is 2.20. The number of thioether (sulfide) groups is 1. The van der Waals surface area contributed by atoms with Crippen LogP contribution in [0, 0.1) is 5.92 Å². The van der Waals surface area contributed by atoms with Gasteiger partial charge < -0.3 is 10.6 Å². The second-order valence-corrected chi connectivity index (χ2v) is 4.58. The Bertz CT molecular complexity index is 368. The van der Waals surface area contributed by atoms with Gasteiger partial charge in [-0.2, -0.15) is 0 Å². The number of nitrogens with zero attached hydrogens (tertiary/aromatic N) is 2. The molecular formula is C10H14N4OS. The number of aromatic nitrogens is 2. The minimum Gasteiger partial charge on any atom is -0.356 e. The Kier molecular flexibility index (Phi) is 3.61. The van der Waals surface area contributed by atoms with Crippen LogP contribution in [0.15, 0.2) is 17.3 Å². The lowest BCUT2D eigenvalue weighted by atomic mass is 10.1. The standard InChI is InChI=1S/C10H14N4OS/c1-16-8-5-13-10(14-6-8)12-4-7-2-9(15)11-3-7/h5-7H,2-4H2,1H3,(H,11,15)(H,12,13,14). The molecule has 0 saturated carbocycles. The predicted molar refractivity (Wildman–Crippen MR) is 63.4 cm³/mol. The smallest absolute Gasteiger partial charge is 0.222 e. The van der Waals surface area contributed by atoms with Crippen molar-refractivity contribution in [3.05, 3.63) is 12.4 Å². The zero-order valence-corrected chi connectivity index (χ0v) is 9.88. The molecule has 6 heteroatoms. The van der Waals surface area contributed by atoms with E-state index in [9.17, 15) is 4.79 Å². The minimum absolute atomic E-state index is 0.130. The van der Waals surface area contributed by atoms with E-state index in [0.29, 0.717) is 18.3 Å². The van der Waals surface area contributed by atoms with Gasteiger partial charge in [-0.15, -0.1) is 11.8 Å². The average Bonchev–Trinajstić information content (AvgIpc) is 2.73. The Morgan fingerprint density at radius 2 is 2.31 bits per heavy atom. The molecule has 1 atom stereocenters. The van der Waals surface area contributed by atoms with Crippen LogP contribution in [0.4, 0.5) is 5.95 Å². The van der Waals surface area contributed by atoms with Crippen LogP contribution in [0.25, 0.3) is 0 Å². The third-order valence-corrected chi connectivity index (χ3v) is 3.16. The highest BCUT2D eigenvalue weighted by Crippen LogP contribution is 2.13. The van der Waals surface area contributed by atoms with Crippen LogP contribution >= 0.6 is 11.8 Å². The van der Waals surface area contributed by atoms with E-state index < -0.39 is 0 Å². The maximum atomic E-state index is 11.0. The number of hydrogen-bond acceptors (Lipinski definition) is 5. The molecule has 1 aromatic rings. The molecule has 1 aromatic heterocycles. The fraction of sp³-hybridized carbons (Fsp3) is 0.500. The average molecular weight is 238 g/mol. The van der Waals surface area contributed by atoms with Gasteiger partial charge in [-0.25, -0.2) is 9.97 Å². The Balaban J connectivity index is 1.82. The minimum atomic E-state index is 0.130. The Labute approximate surface area is 98.4 Å². The van der Waals surface area contributed by atoms with E-state index in [1.807, 2.05) is 6.26 Å². The lowest BCUT2D eigenvalue weighted by Crippen LogP contribution is -2.18. The molecule has 2 heterocycles. The molecule has 1 aliphatic rings. The first-order valence-electron chi connectivity index (χ1n) is 5.14. The Morgan fingerprint density at radius 1 is 1.56 bits per heavy atom. The van der Waals surface area contributed by atoms with Gasteiger partial charge in [0.05, 0.1) is 0 Å². The molecule has 86 valence electrons. The molecule has 0 aliphatic carbocycles. The molecule has 0 radical (unpaired) electrons. The summed E-state index contributed by atoms with van der Waals surface area (Å²) in [4.78, 5) is 20.4. The van der Waals surface area contributed by atoms with Crippen LogP contribution in [0.3, 0.4) is 0 Å². The molecule has 1 saturated heterocycles. The Morgan fingerprint density at radius 3 is 2.88 bits per heavy atom. The molecule has 0 spiro atoms. The molecule has 0 bridgehead atoms. The molecule has 0 aromatic carbocycles. The van der Waals surface area contributed by atoms with Crippen molar-refractivity contribution in [2.45, 2.75) is 11.3 Å². The highest BCUT2D eigenvalue weighted by molar-refractivity contribution is 7.98.